The largest absolute Gasteiger partial charge is 0.377 e. The van der Waals surface area contributed by atoms with Crippen molar-refractivity contribution in [2.24, 2.45) is 0 Å². The maximum atomic E-state index is 14.7. The molecule has 0 aliphatic heterocycles. The van der Waals surface area contributed by atoms with Crippen molar-refractivity contribution in [3.05, 3.63) is 71.7 Å². The number of pyridine rings is 1. The van der Waals surface area contributed by atoms with E-state index in [1.54, 1.807) is 6.20 Å². The van der Waals surface area contributed by atoms with E-state index in [1.165, 1.54) is 6.07 Å². The number of benzene rings is 1. The van der Waals surface area contributed by atoms with E-state index in [-0.39, 0.29) is 36.2 Å². The molecule has 3 aromatic heterocycles. The fraction of sp³-hybridized carbons (Fsp3) is 0.379. The van der Waals surface area contributed by atoms with Gasteiger partial charge in [-0.05, 0) is 49.8 Å². The number of nitrogens with zero attached hydrogens (tertiary/aromatic N) is 3. The Bertz CT molecular complexity index is 1460. The molecule has 40 heavy (non-hydrogen) atoms. The maximum Gasteiger partial charge on any atom is 0.246 e. The van der Waals surface area contributed by atoms with Crippen molar-refractivity contribution in [2.75, 3.05) is 18.5 Å². The summed E-state index contributed by atoms with van der Waals surface area (Å²) < 4.78 is 39.5. The van der Waals surface area contributed by atoms with Crippen LogP contribution in [0.25, 0.3) is 22.4 Å². The number of amides is 1. The summed E-state index contributed by atoms with van der Waals surface area (Å²) in [5.74, 6) is -0.940. The Labute approximate surface area is 230 Å². The predicted octanol–water partition coefficient (Wildman–Crippen LogP) is 4.89. The molecule has 4 aromatic rings. The first-order valence-electron chi connectivity index (χ1n) is 13.4. The second kappa shape index (κ2) is 12.9. The van der Waals surface area contributed by atoms with Gasteiger partial charge in [0.25, 0.3) is 0 Å². The zero-order chi connectivity index (χ0) is 27.9. The maximum absolute atomic E-state index is 14.7. The monoisotopic (exact) mass is 550 g/mol. The minimum Gasteiger partial charge on any atom is -0.377 e. The molecule has 0 saturated heterocycles. The van der Waals surface area contributed by atoms with Gasteiger partial charge in [0.15, 0.2) is 17.5 Å². The Morgan fingerprint density at radius 3 is 2.70 bits per heavy atom. The SMILES string of the molecule is CCOCc1cccc(COCC(=O)N[C@@H]2CCC[C@H](Nc3nc(-c4c[nH]c5ncc(F)cc45)ncc3F)C2)c1. The van der Waals surface area contributed by atoms with Crippen LogP contribution >= 0.6 is 0 Å². The summed E-state index contributed by atoms with van der Waals surface area (Å²) in [6, 6.07) is 9.09. The predicted molar refractivity (Wildman–Crippen MR) is 146 cm³/mol. The molecule has 3 heterocycles. The molecule has 0 radical (unpaired) electrons. The van der Waals surface area contributed by atoms with Crippen LogP contribution in [-0.4, -0.2) is 51.1 Å². The lowest BCUT2D eigenvalue weighted by atomic mass is 9.91. The van der Waals surface area contributed by atoms with Crippen LogP contribution in [0, 0.1) is 11.6 Å². The standard InChI is InChI=1S/C29H32F2N6O3/c1-2-39-15-18-5-3-6-19(9-18)16-40-17-26(38)35-21-7-4-8-22(11-21)36-29-25(31)14-34-28(37-29)24-13-33-27-23(24)10-20(30)12-32-27/h3,5-6,9-10,12-14,21-22H,2,4,7-8,11,15-17H2,1H3,(H,32,33)(H,35,38)(H,34,36,37)/t21-,22+/m1/s1. The molecular weight excluding hydrogens is 518 g/mol. The van der Waals surface area contributed by atoms with Crippen molar-refractivity contribution in [1.29, 1.82) is 0 Å². The number of aromatic nitrogens is 4. The van der Waals surface area contributed by atoms with Crippen LogP contribution in [-0.2, 0) is 27.5 Å². The molecule has 210 valence electrons. The van der Waals surface area contributed by atoms with Crippen LogP contribution in [0.15, 0.2) is 48.9 Å². The van der Waals surface area contributed by atoms with Crippen LogP contribution in [0.1, 0.15) is 43.7 Å². The molecule has 3 N–H and O–H groups in total. The lowest BCUT2D eigenvalue weighted by Crippen LogP contribution is -2.43. The number of aromatic amines is 1. The molecule has 0 bridgehead atoms. The first-order valence-corrected chi connectivity index (χ1v) is 13.4. The molecule has 1 aromatic carbocycles. The van der Waals surface area contributed by atoms with E-state index in [0.717, 1.165) is 42.8 Å². The van der Waals surface area contributed by atoms with Gasteiger partial charge in [-0.25, -0.2) is 23.7 Å². The zero-order valence-electron chi connectivity index (χ0n) is 22.3. The molecule has 11 heteroatoms. The highest BCUT2D eigenvalue weighted by Gasteiger charge is 2.25. The summed E-state index contributed by atoms with van der Waals surface area (Å²) in [5.41, 5.74) is 3.06. The number of hydrogen-bond donors (Lipinski definition) is 3. The normalized spacial score (nSPS) is 17.2. The number of halogens is 2. The minimum absolute atomic E-state index is 0.0474. The Kier molecular flexibility index (Phi) is 8.92. The van der Waals surface area contributed by atoms with E-state index in [2.05, 4.69) is 30.6 Å². The minimum atomic E-state index is -0.585. The lowest BCUT2D eigenvalue weighted by Gasteiger charge is -2.30. The Morgan fingerprint density at radius 1 is 1.07 bits per heavy atom. The van der Waals surface area contributed by atoms with E-state index >= 15 is 0 Å². The van der Waals surface area contributed by atoms with E-state index in [0.29, 0.717) is 42.8 Å². The van der Waals surface area contributed by atoms with Gasteiger partial charge < -0.3 is 25.1 Å². The van der Waals surface area contributed by atoms with Crippen LogP contribution in [0.5, 0.6) is 0 Å². The van der Waals surface area contributed by atoms with Gasteiger partial charge in [-0.1, -0.05) is 24.3 Å². The molecule has 5 rings (SSSR count). The highest BCUT2D eigenvalue weighted by Crippen LogP contribution is 2.28. The van der Waals surface area contributed by atoms with Crippen LogP contribution in [0.2, 0.25) is 0 Å². The topological polar surface area (TPSA) is 114 Å². The molecule has 9 nitrogen and oxygen atoms in total. The first-order chi connectivity index (χ1) is 19.5. The fourth-order valence-electron chi connectivity index (χ4n) is 4.97. The van der Waals surface area contributed by atoms with Crippen molar-refractivity contribution in [2.45, 2.75) is 57.9 Å². The Morgan fingerprint density at radius 2 is 1.88 bits per heavy atom. The highest BCUT2D eigenvalue weighted by molar-refractivity contribution is 5.91. The van der Waals surface area contributed by atoms with Gasteiger partial charge in [0.1, 0.15) is 18.1 Å². The molecule has 1 amide bonds. The van der Waals surface area contributed by atoms with Gasteiger partial charge in [-0.15, -0.1) is 0 Å². The Balaban J connectivity index is 1.14. The molecule has 1 aliphatic carbocycles. The summed E-state index contributed by atoms with van der Waals surface area (Å²) in [7, 11) is 0. The number of nitrogens with one attached hydrogen (secondary N) is 3. The molecule has 0 unspecified atom stereocenters. The molecule has 1 fully saturated rings. The van der Waals surface area contributed by atoms with Crippen molar-refractivity contribution >= 4 is 22.8 Å². The smallest absolute Gasteiger partial charge is 0.246 e. The first kappa shape index (κ1) is 27.6. The summed E-state index contributed by atoms with van der Waals surface area (Å²) >= 11 is 0. The molecule has 0 spiro atoms. The summed E-state index contributed by atoms with van der Waals surface area (Å²) in [5, 5.41) is 6.73. The quantitative estimate of drug-likeness (QED) is 0.244. The van der Waals surface area contributed by atoms with Crippen LogP contribution in [0.3, 0.4) is 0 Å². The lowest BCUT2D eigenvalue weighted by molar-refractivity contribution is -0.127. The zero-order valence-corrected chi connectivity index (χ0v) is 22.3. The van der Waals surface area contributed by atoms with Gasteiger partial charge in [-0.3, -0.25) is 4.79 Å². The third kappa shape index (κ3) is 6.97. The van der Waals surface area contributed by atoms with Gasteiger partial charge in [-0.2, -0.15) is 0 Å². The highest BCUT2D eigenvalue weighted by atomic mass is 19.1. The van der Waals surface area contributed by atoms with Gasteiger partial charge in [0.2, 0.25) is 5.91 Å². The van der Waals surface area contributed by atoms with E-state index in [9.17, 15) is 13.6 Å². The molecular formula is C29H32F2N6O3. The van der Waals surface area contributed by atoms with Gasteiger partial charge in [0, 0.05) is 35.8 Å². The second-order valence-electron chi connectivity index (χ2n) is 9.86. The number of H-pyrrole nitrogens is 1. The summed E-state index contributed by atoms with van der Waals surface area (Å²) in [6.45, 7) is 3.43. The Hall–Kier alpha value is -3.96. The number of carbonyl (C=O) groups excluding carboxylic acids is 1. The van der Waals surface area contributed by atoms with Crippen molar-refractivity contribution < 1.29 is 23.0 Å². The van der Waals surface area contributed by atoms with Crippen molar-refractivity contribution in [1.82, 2.24) is 25.3 Å². The van der Waals surface area contributed by atoms with E-state index < -0.39 is 11.6 Å². The van der Waals surface area contributed by atoms with Gasteiger partial charge in [0.05, 0.1) is 25.6 Å². The van der Waals surface area contributed by atoms with E-state index in [4.69, 9.17) is 9.47 Å². The molecule has 2 atom stereocenters. The molecule has 1 aliphatic rings. The summed E-state index contributed by atoms with van der Waals surface area (Å²) in [4.78, 5) is 28.0. The number of fused-ring (bicyclic) bond motifs is 1. The van der Waals surface area contributed by atoms with Crippen LogP contribution in [0.4, 0.5) is 14.6 Å². The summed E-state index contributed by atoms with van der Waals surface area (Å²) in [6.07, 6.45) is 6.96. The third-order valence-corrected chi connectivity index (χ3v) is 6.83. The average molecular weight is 551 g/mol. The van der Waals surface area contributed by atoms with Gasteiger partial charge >= 0.3 is 0 Å². The van der Waals surface area contributed by atoms with E-state index in [1.807, 2.05) is 31.2 Å². The fourth-order valence-corrected chi connectivity index (χ4v) is 4.97. The van der Waals surface area contributed by atoms with Crippen molar-refractivity contribution in [3.63, 3.8) is 0 Å². The van der Waals surface area contributed by atoms with Crippen LogP contribution < -0.4 is 10.6 Å². The number of carbonyl (C=O) groups is 1. The molecule has 1 saturated carbocycles. The number of ether oxygens (including phenoxy) is 2. The van der Waals surface area contributed by atoms with Crippen molar-refractivity contribution in [3.8, 4) is 11.4 Å². The second-order valence-corrected chi connectivity index (χ2v) is 9.86. The number of rotatable bonds is 11. The third-order valence-electron chi connectivity index (χ3n) is 6.83. The number of anilines is 1. The average Bonchev–Trinajstić information content (AvgIpc) is 3.36. The number of hydrogen-bond acceptors (Lipinski definition) is 7.